The van der Waals surface area contributed by atoms with Gasteiger partial charge < -0.3 is 14.1 Å². The molecule has 0 radical (unpaired) electrons. The number of aromatic nitrogens is 3. The highest BCUT2D eigenvalue weighted by Crippen LogP contribution is 2.34. The van der Waals surface area contributed by atoms with Crippen LogP contribution in [0, 0.1) is 6.92 Å². The van der Waals surface area contributed by atoms with Gasteiger partial charge in [0.25, 0.3) is 5.56 Å². The van der Waals surface area contributed by atoms with E-state index in [4.69, 9.17) is 9.15 Å². The minimum Gasteiger partial charge on any atom is -0.496 e. The summed E-state index contributed by atoms with van der Waals surface area (Å²) in [5.74, 6) is 2.51. The highest BCUT2D eigenvalue weighted by molar-refractivity contribution is 9.10. The molecule has 1 aromatic carbocycles. The average molecular weight is 448 g/mol. The van der Waals surface area contributed by atoms with Crippen molar-refractivity contribution in [1.29, 1.82) is 0 Å². The summed E-state index contributed by atoms with van der Waals surface area (Å²) in [5, 5.41) is 0.629. The molecule has 0 fully saturated rings. The third kappa shape index (κ3) is 3.68. The molecule has 8 heteroatoms. The van der Waals surface area contributed by atoms with Crippen LogP contribution < -0.4 is 10.3 Å². The predicted molar refractivity (Wildman–Crippen MR) is 107 cm³/mol. The Balaban J connectivity index is 1.57. The van der Waals surface area contributed by atoms with Gasteiger partial charge in [-0.15, -0.1) is 0 Å². The lowest BCUT2D eigenvalue weighted by molar-refractivity contribution is 0.414. The number of hydrogen-bond acceptors (Lipinski definition) is 6. The maximum atomic E-state index is 12.1. The van der Waals surface area contributed by atoms with Crippen LogP contribution in [0.1, 0.15) is 29.1 Å². The molecule has 6 nitrogen and oxygen atoms in total. The second-order valence-electron chi connectivity index (χ2n) is 6.31. The second kappa shape index (κ2) is 7.52. The first kappa shape index (κ1) is 18.3. The first-order chi connectivity index (χ1) is 13.0. The number of fused-ring (bicyclic) bond motifs is 1. The minimum absolute atomic E-state index is 0.0172. The SMILES string of the molecule is COc1ccc(Br)cc1-c1nc(CSc2nc3c(c(=O)[nH]2)CCC3)c(C)o1. The zero-order chi connectivity index (χ0) is 19.0. The Morgan fingerprint density at radius 1 is 1.33 bits per heavy atom. The number of nitrogens with zero attached hydrogens (tertiary/aromatic N) is 2. The molecule has 0 saturated heterocycles. The Labute approximate surface area is 168 Å². The molecule has 1 aliphatic rings. The Kier molecular flexibility index (Phi) is 5.10. The number of H-pyrrole nitrogens is 1. The second-order valence-corrected chi connectivity index (χ2v) is 8.18. The number of nitrogens with one attached hydrogen (secondary N) is 1. The molecule has 1 aliphatic carbocycles. The summed E-state index contributed by atoms with van der Waals surface area (Å²) in [6, 6.07) is 5.69. The lowest BCUT2D eigenvalue weighted by Crippen LogP contribution is -2.14. The van der Waals surface area contributed by atoms with Crippen molar-refractivity contribution in [2.75, 3.05) is 7.11 Å². The summed E-state index contributed by atoms with van der Waals surface area (Å²) in [6.45, 7) is 1.88. The van der Waals surface area contributed by atoms with Crippen LogP contribution in [0.4, 0.5) is 0 Å². The number of methoxy groups -OCH3 is 1. The highest BCUT2D eigenvalue weighted by Gasteiger charge is 2.19. The summed E-state index contributed by atoms with van der Waals surface area (Å²) in [4.78, 5) is 24.2. The lowest BCUT2D eigenvalue weighted by atomic mass is 10.2. The fourth-order valence-corrected chi connectivity index (χ4v) is 4.39. The van der Waals surface area contributed by atoms with E-state index < -0.39 is 0 Å². The molecule has 0 saturated carbocycles. The van der Waals surface area contributed by atoms with Gasteiger partial charge in [-0.3, -0.25) is 4.79 Å². The lowest BCUT2D eigenvalue weighted by Gasteiger charge is -2.05. The number of hydrogen-bond donors (Lipinski definition) is 1. The van der Waals surface area contributed by atoms with Crippen LogP contribution in [0.15, 0.2) is 37.0 Å². The molecule has 0 unspecified atom stereocenters. The van der Waals surface area contributed by atoms with Crippen molar-refractivity contribution >= 4 is 27.7 Å². The van der Waals surface area contributed by atoms with E-state index in [9.17, 15) is 4.79 Å². The number of halogens is 1. The molecule has 0 amide bonds. The normalized spacial score (nSPS) is 13.0. The first-order valence-corrected chi connectivity index (χ1v) is 10.4. The van der Waals surface area contributed by atoms with Gasteiger partial charge in [0.1, 0.15) is 11.5 Å². The molecule has 2 heterocycles. The van der Waals surface area contributed by atoms with E-state index in [1.54, 1.807) is 7.11 Å². The van der Waals surface area contributed by atoms with E-state index in [1.807, 2.05) is 25.1 Å². The molecule has 2 aromatic heterocycles. The molecule has 0 aliphatic heterocycles. The molecule has 140 valence electrons. The Morgan fingerprint density at radius 2 is 2.19 bits per heavy atom. The Morgan fingerprint density at radius 3 is 3.00 bits per heavy atom. The first-order valence-electron chi connectivity index (χ1n) is 8.60. The fraction of sp³-hybridized carbons (Fsp3) is 0.316. The van der Waals surface area contributed by atoms with Gasteiger partial charge in [-0.05, 0) is 44.4 Å². The Bertz CT molecular complexity index is 1060. The van der Waals surface area contributed by atoms with Crippen molar-refractivity contribution in [2.24, 2.45) is 0 Å². The quantitative estimate of drug-likeness (QED) is 0.464. The van der Waals surface area contributed by atoms with Crippen molar-refractivity contribution in [1.82, 2.24) is 15.0 Å². The summed E-state index contributed by atoms with van der Waals surface area (Å²) < 4.78 is 12.2. The van der Waals surface area contributed by atoms with Crippen molar-refractivity contribution in [2.45, 2.75) is 37.1 Å². The summed E-state index contributed by atoms with van der Waals surface area (Å²) in [5.41, 5.74) is 3.35. The van der Waals surface area contributed by atoms with Gasteiger partial charge in [-0.1, -0.05) is 27.7 Å². The van der Waals surface area contributed by atoms with Crippen molar-refractivity contribution in [3.05, 3.63) is 55.7 Å². The van der Waals surface area contributed by atoms with Crippen LogP contribution in [0.2, 0.25) is 0 Å². The van der Waals surface area contributed by atoms with Gasteiger partial charge >= 0.3 is 0 Å². The summed E-state index contributed by atoms with van der Waals surface area (Å²) in [7, 11) is 1.62. The van der Waals surface area contributed by atoms with E-state index in [1.165, 1.54) is 11.8 Å². The molecule has 1 N–H and O–H groups in total. The third-order valence-corrected chi connectivity index (χ3v) is 5.93. The van der Waals surface area contributed by atoms with Gasteiger partial charge in [0.05, 0.1) is 24.1 Å². The highest BCUT2D eigenvalue weighted by atomic mass is 79.9. The molecule has 0 spiro atoms. The van der Waals surface area contributed by atoms with Crippen molar-refractivity contribution < 1.29 is 9.15 Å². The summed E-state index contributed by atoms with van der Waals surface area (Å²) in [6.07, 6.45) is 2.70. The number of ether oxygens (including phenoxy) is 1. The van der Waals surface area contributed by atoms with Crippen LogP contribution in [-0.4, -0.2) is 22.1 Å². The zero-order valence-electron chi connectivity index (χ0n) is 15.0. The van der Waals surface area contributed by atoms with Crippen molar-refractivity contribution in [3.63, 3.8) is 0 Å². The molecule has 4 rings (SSSR count). The van der Waals surface area contributed by atoms with Gasteiger partial charge in [0.15, 0.2) is 5.16 Å². The van der Waals surface area contributed by atoms with Gasteiger partial charge in [-0.25, -0.2) is 9.97 Å². The van der Waals surface area contributed by atoms with E-state index in [0.717, 1.165) is 52.0 Å². The van der Waals surface area contributed by atoms with E-state index in [-0.39, 0.29) is 5.56 Å². The molecule has 0 atom stereocenters. The number of aromatic amines is 1. The average Bonchev–Trinajstić information content (AvgIpc) is 3.27. The third-order valence-electron chi connectivity index (χ3n) is 4.55. The van der Waals surface area contributed by atoms with Gasteiger partial charge in [0.2, 0.25) is 5.89 Å². The minimum atomic E-state index is -0.0172. The fourth-order valence-electron chi connectivity index (χ4n) is 3.15. The van der Waals surface area contributed by atoms with Crippen LogP contribution in [0.5, 0.6) is 5.75 Å². The largest absolute Gasteiger partial charge is 0.496 e. The number of rotatable bonds is 5. The van der Waals surface area contributed by atoms with Crippen LogP contribution >= 0.6 is 27.7 Å². The molecule has 27 heavy (non-hydrogen) atoms. The van der Waals surface area contributed by atoms with E-state index in [2.05, 4.69) is 30.9 Å². The number of aryl methyl sites for hydroxylation is 2. The predicted octanol–water partition coefficient (Wildman–Crippen LogP) is 4.29. The monoisotopic (exact) mass is 447 g/mol. The molecular formula is C19H18BrN3O3S. The maximum Gasteiger partial charge on any atom is 0.254 e. The molecule has 0 bridgehead atoms. The standard InChI is InChI=1S/C19H18BrN3O3S/c1-10-15(9-27-19-22-14-5-3-4-12(14)17(24)23-19)21-18(26-10)13-8-11(20)6-7-16(13)25-2/h6-8H,3-5,9H2,1-2H3,(H,22,23,24). The number of oxazole rings is 1. The summed E-state index contributed by atoms with van der Waals surface area (Å²) >= 11 is 4.93. The molecular weight excluding hydrogens is 430 g/mol. The zero-order valence-corrected chi connectivity index (χ0v) is 17.4. The van der Waals surface area contributed by atoms with Crippen LogP contribution in [-0.2, 0) is 18.6 Å². The smallest absolute Gasteiger partial charge is 0.254 e. The van der Waals surface area contributed by atoms with E-state index >= 15 is 0 Å². The maximum absolute atomic E-state index is 12.1. The van der Waals surface area contributed by atoms with Crippen LogP contribution in [0.3, 0.4) is 0 Å². The van der Waals surface area contributed by atoms with Crippen LogP contribution in [0.25, 0.3) is 11.5 Å². The number of thioether (sulfide) groups is 1. The topological polar surface area (TPSA) is 81.0 Å². The Hall–Kier alpha value is -2.06. The van der Waals surface area contributed by atoms with Gasteiger partial charge in [0, 0.05) is 15.8 Å². The van der Waals surface area contributed by atoms with Gasteiger partial charge in [-0.2, -0.15) is 0 Å². The van der Waals surface area contributed by atoms with E-state index in [0.29, 0.717) is 22.5 Å². The number of benzene rings is 1. The van der Waals surface area contributed by atoms with Crippen molar-refractivity contribution in [3.8, 4) is 17.2 Å². The molecule has 3 aromatic rings.